The summed E-state index contributed by atoms with van der Waals surface area (Å²) in [5.74, 6) is 0.00491. The number of hydrogen-bond donors (Lipinski definition) is 0. The van der Waals surface area contributed by atoms with Crippen LogP contribution in [0.1, 0.15) is 6.92 Å². The molecule has 0 spiro atoms. The molecule has 5 heteroatoms. The van der Waals surface area contributed by atoms with Gasteiger partial charge < -0.3 is 0 Å². The van der Waals surface area contributed by atoms with E-state index < -0.39 is 0 Å². The van der Waals surface area contributed by atoms with Crippen LogP contribution in [0.4, 0.5) is 5.13 Å². The monoisotopic (exact) mass is 169 g/mol. The Balaban J connectivity index is 2.43. The highest BCUT2D eigenvalue weighted by Crippen LogP contribution is 2.14. The predicted molar refractivity (Wildman–Crippen MR) is 42.2 cm³/mol. The maximum absolute atomic E-state index is 10.4. The van der Waals surface area contributed by atoms with Crippen molar-refractivity contribution in [1.29, 1.82) is 0 Å². The van der Waals surface area contributed by atoms with E-state index in [2.05, 4.69) is 15.2 Å². The second-order valence-electron chi connectivity index (χ2n) is 1.92. The average Bonchev–Trinajstić information content (AvgIpc) is 2.39. The van der Waals surface area contributed by atoms with Crippen molar-refractivity contribution in [2.45, 2.75) is 6.92 Å². The Kier molecular flexibility index (Phi) is 2.85. The standard InChI is InChI=1S/C6H7N3OS/c1-5(10)4-8-9-6-7-2-3-11-6/h2-3H,4H2,1H3. The number of hydrogen-bond acceptors (Lipinski definition) is 5. The summed E-state index contributed by atoms with van der Waals surface area (Å²) in [5.41, 5.74) is 0. The van der Waals surface area contributed by atoms with Gasteiger partial charge in [-0.3, -0.25) is 4.79 Å². The first-order chi connectivity index (χ1) is 5.29. The molecule has 0 aliphatic carbocycles. The van der Waals surface area contributed by atoms with Crippen LogP contribution in [0.5, 0.6) is 0 Å². The van der Waals surface area contributed by atoms with E-state index in [-0.39, 0.29) is 12.3 Å². The lowest BCUT2D eigenvalue weighted by atomic mass is 10.5. The maximum atomic E-state index is 10.4. The summed E-state index contributed by atoms with van der Waals surface area (Å²) in [6.45, 7) is 1.61. The van der Waals surface area contributed by atoms with Gasteiger partial charge in [0.2, 0.25) is 5.13 Å². The van der Waals surface area contributed by atoms with Gasteiger partial charge in [0.1, 0.15) is 6.54 Å². The highest BCUT2D eigenvalue weighted by Gasteiger charge is 1.90. The molecule has 1 aromatic heterocycles. The summed E-state index contributed by atoms with van der Waals surface area (Å²) in [6, 6.07) is 0. The Bertz CT molecular complexity index is 255. The first-order valence-electron chi connectivity index (χ1n) is 3.05. The molecule has 0 saturated carbocycles. The van der Waals surface area contributed by atoms with Crippen LogP contribution in [0.2, 0.25) is 0 Å². The smallest absolute Gasteiger partial charge is 0.229 e. The van der Waals surface area contributed by atoms with Crippen molar-refractivity contribution in [1.82, 2.24) is 4.98 Å². The first-order valence-corrected chi connectivity index (χ1v) is 3.93. The Labute approximate surface area is 68.0 Å². The number of rotatable bonds is 3. The Morgan fingerprint density at radius 1 is 1.82 bits per heavy atom. The van der Waals surface area contributed by atoms with Crippen molar-refractivity contribution in [3.8, 4) is 0 Å². The number of azo groups is 1. The van der Waals surface area contributed by atoms with E-state index in [0.29, 0.717) is 5.13 Å². The van der Waals surface area contributed by atoms with E-state index >= 15 is 0 Å². The molecule has 1 rings (SSSR count). The third kappa shape index (κ3) is 2.99. The van der Waals surface area contributed by atoms with E-state index in [0.717, 1.165) is 0 Å². The molecule has 0 atom stereocenters. The molecule has 0 saturated heterocycles. The van der Waals surface area contributed by atoms with Gasteiger partial charge in [-0.15, -0.1) is 16.5 Å². The number of carbonyl (C=O) groups excluding carboxylic acids is 1. The van der Waals surface area contributed by atoms with Gasteiger partial charge in [-0.1, -0.05) is 0 Å². The van der Waals surface area contributed by atoms with E-state index in [1.54, 1.807) is 6.20 Å². The van der Waals surface area contributed by atoms with Crippen LogP contribution >= 0.6 is 11.3 Å². The SMILES string of the molecule is CC(=O)CN=Nc1nccs1. The molecule has 11 heavy (non-hydrogen) atoms. The molecule has 4 nitrogen and oxygen atoms in total. The summed E-state index contributed by atoms with van der Waals surface area (Å²) in [7, 11) is 0. The minimum atomic E-state index is 0.00491. The van der Waals surface area contributed by atoms with E-state index in [4.69, 9.17) is 0 Å². The van der Waals surface area contributed by atoms with Crippen molar-refractivity contribution in [2.75, 3.05) is 6.54 Å². The molecule has 0 unspecified atom stereocenters. The third-order valence-electron chi connectivity index (χ3n) is 0.869. The Morgan fingerprint density at radius 2 is 2.64 bits per heavy atom. The molecule has 0 amide bonds. The highest BCUT2D eigenvalue weighted by atomic mass is 32.1. The lowest BCUT2D eigenvalue weighted by Gasteiger charge is -1.81. The van der Waals surface area contributed by atoms with Gasteiger partial charge in [-0.25, -0.2) is 4.98 Å². The van der Waals surface area contributed by atoms with Crippen LogP contribution in [-0.2, 0) is 4.79 Å². The number of aromatic nitrogens is 1. The third-order valence-corrected chi connectivity index (χ3v) is 1.52. The normalized spacial score (nSPS) is 10.6. The number of Topliss-reactive ketones (excluding diaryl/α,β-unsaturated/α-hetero) is 1. The van der Waals surface area contributed by atoms with Crippen LogP contribution in [0.3, 0.4) is 0 Å². The molecule has 1 heterocycles. The topological polar surface area (TPSA) is 54.7 Å². The molecule has 0 aliphatic rings. The summed E-state index contributed by atoms with van der Waals surface area (Å²) >= 11 is 1.39. The molecular formula is C6H7N3OS. The number of ketones is 1. The van der Waals surface area contributed by atoms with Crippen molar-refractivity contribution in [3.05, 3.63) is 11.6 Å². The first kappa shape index (κ1) is 8.00. The second kappa shape index (κ2) is 3.92. The molecular weight excluding hydrogens is 162 g/mol. The second-order valence-corrected chi connectivity index (χ2v) is 2.79. The molecule has 0 N–H and O–H groups in total. The van der Waals surface area contributed by atoms with Gasteiger partial charge in [0.15, 0.2) is 5.78 Å². The maximum Gasteiger partial charge on any atom is 0.229 e. The van der Waals surface area contributed by atoms with E-state index in [1.807, 2.05) is 5.38 Å². The van der Waals surface area contributed by atoms with Crippen molar-refractivity contribution >= 4 is 22.3 Å². The van der Waals surface area contributed by atoms with Gasteiger partial charge >= 0.3 is 0 Å². The Hall–Kier alpha value is -1.10. The number of nitrogens with zero attached hydrogens (tertiary/aromatic N) is 3. The van der Waals surface area contributed by atoms with Gasteiger partial charge in [-0.05, 0) is 6.92 Å². The lowest BCUT2D eigenvalue weighted by molar-refractivity contribution is -0.115. The molecule has 0 bridgehead atoms. The van der Waals surface area contributed by atoms with Crippen molar-refractivity contribution in [2.24, 2.45) is 10.2 Å². The molecule has 0 aliphatic heterocycles. The summed E-state index contributed by atoms with van der Waals surface area (Å²) in [5, 5.41) is 9.75. The number of carbonyl (C=O) groups is 1. The van der Waals surface area contributed by atoms with E-state index in [9.17, 15) is 4.79 Å². The minimum Gasteiger partial charge on any atom is -0.298 e. The van der Waals surface area contributed by atoms with Crippen LogP contribution in [-0.4, -0.2) is 17.3 Å². The van der Waals surface area contributed by atoms with Crippen molar-refractivity contribution < 1.29 is 4.79 Å². The molecule has 1 aromatic rings. The van der Waals surface area contributed by atoms with Gasteiger partial charge in [0, 0.05) is 11.6 Å². The molecule has 0 radical (unpaired) electrons. The quantitative estimate of drug-likeness (QED) is 0.648. The number of thiazole rings is 1. The molecule has 0 fully saturated rings. The molecule has 58 valence electrons. The van der Waals surface area contributed by atoms with E-state index in [1.165, 1.54) is 18.3 Å². The van der Waals surface area contributed by atoms with Gasteiger partial charge in [0.25, 0.3) is 0 Å². The summed E-state index contributed by atoms with van der Waals surface area (Å²) in [6.07, 6.45) is 1.65. The van der Waals surface area contributed by atoms with Crippen molar-refractivity contribution in [3.63, 3.8) is 0 Å². The zero-order chi connectivity index (χ0) is 8.10. The fourth-order valence-corrected chi connectivity index (χ4v) is 0.931. The predicted octanol–water partition coefficient (Wildman–Crippen LogP) is 1.82. The Morgan fingerprint density at radius 3 is 3.18 bits per heavy atom. The highest BCUT2D eigenvalue weighted by molar-refractivity contribution is 7.13. The van der Waals surface area contributed by atoms with Crippen LogP contribution < -0.4 is 0 Å². The summed E-state index contributed by atoms with van der Waals surface area (Å²) in [4.78, 5) is 14.3. The zero-order valence-corrected chi connectivity index (χ0v) is 6.84. The largest absolute Gasteiger partial charge is 0.298 e. The average molecular weight is 169 g/mol. The van der Waals surface area contributed by atoms with Gasteiger partial charge in [0.05, 0.1) is 0 Å². The summed E-state index contributed by atoms with van der Waals surface area (Å²) < 4.78 is 0. The molecule has 0 aromatic carbocycles. The minimum absolute atomic E-state index is 0.00491. The zero-order valence-electron chi connectivity index (χ0n) is 6.02. The van der Waals surface area contributed by atoms with Gasteiger partial charge in [-0.2, -0.15) is 5.11 Å². The lowest BCUT2D eigenvalue weighted by Crippen LogP contribution is -1.92. The van der Waals surface area contributed by atoms with Crippen LogP contribution in [0, 0.1) is 0 Å². The van der Waals surface area contributed by atoms with Crippen LogP contribution in [0.15, 0.2) is 21.8 Å². The van der Waals surface area contributed by atoms with Crippen LogP contribution in [0.25, 0.3) is 0 Å². The fourth-order valence-electron chi connectivity index (χ4n) is 0.461. The fraction of sp³-hybridized carbons (Fsp3) is 0.333.